The summed E-state index contributed by atoms with van der Waals surface area (Å²) >= 11 is 0. The van der Waals surface area contributed by atoms with Gasteiger partial charge in [-0.25, -0.2) is 0 Å². The van der Waals surface area contributed by atoms with E-state index in [2.05, 4.69) is 0 Å². The number of nitrogens with zero attached hydrogens (tertiary/aromatic N) is 2. The van der Waals surface area contributed by atoms with Crippen molar-refractivity contribution in [3.05, 3.63) is 164 Å². The number of nitrogens with two attached hydrogens (primary N) is 2. The highest BCUT2D eigenvalue weighted by atomic mass is 16.5. The number of carbonyl (C=O) groups is 6. The van der Waals surface area contributed by atoms with Crippen molar-refractivity contribution in [3.63, 3.8) is 0 Å². The molecule has 0 unspecified atom stereocenters. The van der Waals surface area contributed by atoms with E-state index in [1.54, 1.807) is 51.3 Å². The van der Waals surface area contributed by atoms with Crippen LogP contribution in [0.25, 0.3) is 11.5 Å². The van der Waals surface area contributed by atoms with E-state index in [0.717, 1.165) is 16.7 Å². The van der Waals surface area contributed by atoms with Crippen molar-refractivity contribution >= 4 is 46.5 Å². The van der Waals surface area contributed by atoms with Gasteiger partial charge in [-0.3, -0.25) is 38.6 Å². The van der Waals surface area contributed by atoms with Crippen LogP contribution in [0.2, 0.25) is 0 Å². The first-order chi connectivity index (χ1) is 35.1. The monoisotopic (exact) mass is 1040 g/mol. The maximum absolute atomic E-state index is 14.3. The second-order valence-corrected chi connectivity index (χ2v) is 20.1. The molecule has 2 amide bonds. The molecule has 10 rings (SSSR count). The van der Waals surface area contributed by atoms with E-state index in [0.29, 0.717) is 29.7 Å². The zero-order valence-corrected chi connectivity index (χ0v) is 40.9. The van der Waals surface area contributed by atoms with E-state index in [-0.39, 0.29) is 74.9 Å². The number of aromatic hydroxyl groups is 1. The van der Waals surface area contributed by atoms with Crippen LogP contribution in [0.1, 0.15) is 61.1 Å². The lowest BCUT2D eigenvalue weighted by Crippen LogP contribution is -2.67. The predicted molar refractivity (Wildman–Crippen MR) is 280 cm³/mol. The fraction of sp³-hybridized carbons (Fsp3) is 0.345. The third kappa shape index (κ3) is 8.83. The molecular weight excluding hydrogens is 977 g/mol. The number of phenolic OH excluding ortho intramolecular Hbond substituents is 1. The first-order valence-electron chi connectivity index (χ1n) is 24.0. The summed E-state index contributed by atoms with van der Waals surface area (Å²) in [5.74, 6) is -11.0. The molecule has 0 aliphatic heterocycles. The normalized spacial score (nSPS) is 26.4. The first kappa shape index (κ1) is 55.8. The number of likely N-dealkylation sites (N-methyl/N-ethyl adjacent to an activating group) is 2. The van der Waals surface area contributed by atoms with E-state index < -0.39 is 105 Å². The van der Waals surface area contributed by atoms with Crippen molar-refractivity contribution in [2.24, 2.45) is 35.1 Å². The standard InChI is InChI=1S/C35H34N2O7.C21H22N2O7.2CH4/c1-37(2)29-24-17-23-16-22-14-9-15-25(43-18-20-10-5-3-6-11-20)26(22)30(38)27(23)32(39)35(24,42)33(40)28(34(36)41)31(29)44-19-21-12-7-4-8-13-21;1-23(2)15-10-7-9-6-8-4-3-5-11(24)12(8)16(25)13(9)18(27)21(10,30)19(28)14(17(15)26)20(22)29;;/h3-15,23-24,29,38,42H,16-19H2,1-2H3,(H2,36,41);3-5,9-10,15,24-25,28,30H,6-7H2,1-2H3,(H2,22,29);2*1H4/t23-,24-,29-,35-;9-,10-,15-,21-;;/m00../s1. The Bertz CT molecular complexity index is 3180. The van der Waals surface area contributed by atoms with Gasteiger partial charge in [0.25, 0.3) is 11.8 Å². The Hall–Kier alpha value is -7.90. The maximum atomic E-state index is 14.3. The van der Waals surface area contributed by atoms with Crippen LogP contribution in [0.5, 0.6) is 11.5 Å². The summed E-state index contributed by atoms with van der Waals surface area (Å²) < 4.78 is 12.2. The molecule has 0 bridgehead atoms. The minimum atomic E-state index is -2.63. The Morgan fingerprint density at radius 2 is 1.04 bits per heavy atom. The van der Waals surface area contributed by atoms with Crippen LogP contribution in [0, 0.1) is 23.7 Å². The molecule has 0 heterocycles. The third-order valence-corrected chi connectivity index (χ3v) is 15.3. The lowest BCUT2D eigenvalue weighted by atomic mass is 9.57. The number of rotatable bonds is 10. The van der Waals surface area contributed by atoms with Crippen LogP contribution in [0.4, 0.5) is 0 Å². The quantitative estimate of drug-likeness (QED) is 0.0786. The molecule has 0 spiro atoms. The molecule has 0 saturated heterocycles. The zero-order valence-electron chi connectivity index (χ0n) is 40.9. The Labute approximate surface area is 439 Å². The van der Waals surface area contributed by atoms with Gasteiger partial charge in [-0.15, -0.1) is 0 Å². The molecule has 4 aromatic rings. The highest BCUT2D eigenvalue weighted by Gasteiger charge is 2.66. The number of amides is 2. The third-order valence-electron chi connectivity index (χ3n) is 15.3. The number of aliphatic hydroxyl groups is 5. The molecule has 6 aliphatic rings. The molecule has 2 saturated carbocycles. The zero-order chi connectivity index (χ0) is 53.3. The topological polar surface area (TPSA) is 301 Å². The van der Waals surface area contributed by atoms with Gasteiger partial charge >= 0.3 is 0 Å². The average Bonchev–Trinajstić information content (AvgIpc) is 3.40. The number of phenols is 1. The van der Waals surface area contributed by atoms with Crippen LogP contribution in [0.3, 0.4) is 0 Å². The molecule has 8 atom stereocenters. The van der Waals surface area contributed by atoms with Gasteiger partial charge in [0.2, 0.25) is 17.3 Å². The van der Waals surface area contributed by atoms with Crippen molar-refractivity contribution < 1.29 is 68.9 Å². The Kier molecular flexibility index (Phi) is 15.4. The number of benzene rings is 4. The van der Waals surface area contributed by atoms with Gasteiger partial charge in [-0.05, 0) is 100 Å². The molecule has 6 aliphatic carbocycles. The van der Waals surface area contributed by atoms with Gasteiger partial charge in [0.1, 0.15) is 58.9 Å². The number of ether oxygens (including phenoxy) is 2. The lowest BCUT2D eigenvalue weighted by Gasteiger charge is -2.50. The first-order valence-corrected chi connectivity index (χ1v) is 24.0. The number of hydrogen-bond acceptors (Lipinski definition) is 16. The van der Waals surface area contributed by atoms with E-state index in [1.807, 2.05) is 72.8 Å². The summed E-state index contributed by atoms with van der Waals surface area (Å²) in [5, 5.41) is 66.8. The summed E-state index contributed by atoms with van der Waals surface area (Å²) in [4.78, 5) is 82.5. The number of primary amides is 2. The predicted octanol–water partition coefficient (Wildman–Crippen LogP) is 4.73. The van der Waals surface area contributed by atoms with E-state index in [9.17, 15) is 59.4 Å². The fourth-order valence-corrected chi connectivity index (χ4v) is 12.1. The minimum Gasteiger partial charge on any atom is -0.508 e. The molecule has 0 radical (unpaired) electrons. The van der Waals surface area contributed by atoms with Crippen LogP contribution < -0.4 is 16.2 Å². The Morgan fingerprint density at radius 1 is 0.579 bits per heavy atom. The van der Waals surface area contributed by atoms with E-state index in [4.69, 9.17) is 20.9 Å². The average molecular weight is 1040 g/mol. The second-order valence-electron chi connectivity index (χ2n) is 20.1. The smallest absolute Gasteiger partial charge is 0.255 e. The summed E-state index contributed by atoms with van der Waals surface area (Å²) in [6.45, 7) is 0.295. The van der Waals surface area contributed by atoms with Gasteiger partial charge in [0, 0.05) is 23.0 Å². The molecule has 4 aromatic carbocycles. The number of ketones is 4. The van der Waals surface area contributed by atoms with Crippen molar-refractivity contribution in [3.8, 4) is 11.5 Å². The Morgan fingerprint density at radius 3 is 1.55 bits per heavy atom. The number of fused-ring (bicyclic) bond motifs is 6. The van der Waals surface area contributed by atoms with Crippen molar-refractivity contribution in [1.82, 2.24) is 9.80 Å². The Balaban J connectivity index is 0.000000230. The minimum absolute atomic E-state index is 0. The molecule has 10 N–H and O–H groups in total. The van der Waals surface area contributed by atoms with Gasteiger partial charge in [-0.2, -0.15) is 0 Å². The largest absolute Gasteiger partial charge is 0.508 e. The van der Waals surface area contributed by atoms with Crippen LogP contribution in [-0.4, -0.2) is 127 Å². The van der Waals surface area contributed by atoms with E-state index in [1.165, 1.54) is 11.0 Å². The summed E-state index contributed by atoms with van der Waals surface area (Å²) in [6, 6.07) is 27.0. The van der Waals surface area contributed by atoms with Gasteiger partial charge in [0.05, 0.1) is 23.2 Å². The SMILES string of the molecule is C.C.CN(C)[C@@H]1C(=O)C(C(N)=O)=C(O)[C@@]2(O)C(=O)C3=C(O)c4c(O)cccc4C[C@H]3C[C@@H]12.CN(C)[C@@H]1C(OCc2ccccc2)=C(C(N)=O)C(=O)[C@@]2(O)C(=O)C3=C(O)c4c(cccc4OCc4ccccc4)C[C@H]3C[C@@H]12. The highest BCUT2D eigenvalue weighted by molar-refractivity contribution is 6.33. The summed E-state index contributed by atoms with van der Waals surface area (Å²) in [6.07, 6.45) is 0.940. The summed E-state index contributed by atoms with van der Waals surface area (Å²) in [5.41, 5.74) is 7.78. The van der Waals surface area contributed by atoms with Crippen molar-refractivity contribution in [2.75, 3.05) is 28.2 Å². The van der Waals surface area contributed by atoms with Crippen molar-refractivity contribution in [1.29, 1.82) is 0 Å². The second kappa shape index (κ2) is 21.0. The van der Waals surface area contributed by atoms with Crippen LogP contribution >= 0.6 is 0 Å². The van der Waals surface area contributed by atoms with Crippen LogP contribution in [0.15, 0.2) is 131 Å². The number of carbonyl (C=O) groups excluding carboxylic acids is 6. The molecule has 76 heavy (non-hydrogen) atoms. The van der Waals surface area contributed by atoms with Crippen molar-refractivity contribution in [2.45, 2.75) is 77.0 Å². The number of aliphatic hydroxyl groups excluding tert-OH is 3. The van der Waals surface area contributed by atoms with E-state index >= 15 is 0 Å². The molecule has 18 nitrogen and oxygen atoms in total. The maximum Gasteiger partial charge on any atom is 0.255 e. The molecule has 400 valence electrons. The van der Waals surface area contributed by atoms with Gasteiger partial charge < -0.3 is 51.6 Å². The lowest BCUT2D eigenvalue weighted by molar-refractivity contribution is -0.163. The molecule has 18 heteroatoms. The number of hydrogen-bond donors (Lipinski definition) is 8. The highest BCUT2D eigenvalue weighted by Crippen LogP contribution is 2.54. The summed E-state index contributed by atoms with van der Waals surface area (Å²) in [7, 11) is 6.58. The van der Waals surface area contributed by atoms with Crippen LogP contribution in [-0.2, 0) is 59.6 Å². The number of Topliss-reactive ketones (excluding diaryl/α,β-unsaturated/α-hetero) is 4. The van der Waals surface area contributed by atoms with Gasteiger partial charge in [0.15, 0.2) is 17.0 Å². The molecule has 0 aromatic heterocycles. The fourth-order valence-electron chi connectivity index (χ4n) is 12.1. The van der Waals surface area contributed by atoms with Gasteiger partial charge in [-0.1, -0.05) is 99.8 Å². The molecule has 2 fully saturated rings. The molecular formula is C58H64N4O14.